The van der Waals surface area contributed by atoms with Gasteiger partial charge in [0.05, 0.1) is 48.0 Å². The standard InChI is InChI=1S/C26H21N3O4/c1-16(19-10-7-17(14-27)8-11-19)28-24(30)22-13-18(9-12-23(22)33-2)15-29-25(31)20-5-3-4-6-21(20)26(29)32/h3-13,16H,15H2,1-2H3,(H,28,30). The van der Waals surface area contributed by atoms with Crippen LogP contribution < -0.4 is 10.1 Å². The number of nitrogens with one attached hydrogen (secondary N) is 1. The van der Waals surface area contributed by atoms with Crippen LogP contribution in [-0.2, 0) is 6.54 Å². The fraction of sp³-hybridized carbons (Fsp3) is 0.154. The van der Waals surface area contributed by atoms with E-state index in [4.69, 9.17) is 10.00 Å². The van der Waals surface area contributed by atoms with Crippen LogP contribution in [0.25, 0.3) is 0 Å². The van der Waals surface area contributed by atoms with E-state index in [9.17, 15) is 14.4 Å². The number of nitriles is 1. The third-order valence-corrected chi connectivity index (χ3v) is 5.61. The van der Waals surface area contributed by atoms with Crippen molar-refractivity contribution in [2.24, 2.45) is 0 Å². The molecule has 1 atom stereocenters. The number of ether oxygens (including phenoxy) is 1. The molecule has 7 nitrogen and oxygen atoms in total. The zero-order valence-corrected chi connectivity index (χ0v) is 18.2. The summed E-state index contributed by atoms with van der Waals surface area (Å²) in [5.74, 6) is -0.683. The Hall–Kier alpha value is -4.44. The molecule has 0 bridgehead atoms. The predicted molar refractivity (Wildman–Crippen MR) is 121 cm³/mol. The Kier molecular flexibility index (Phi) is 5.92. The lowest BCUT2D eigenvalue weighted by atomic mass is 10.0. The molecule has 0 aliphatic carbocycles. The zero-order chi connectivity index (χ0) is 23.5. The molecular formula is C26H21N3O4. The van der Waals surface area contributed by atoms with Crippen molar-refractivity contribution >= 4 is 17.7 Å². The van der Waals surface area contributed by atoms with E-state index in [2.05, 4.69) is 11.4 Å². The van der Waals surface area contributed by atoms with Gasteiger partial charge in [0, 0.05) is 0 Å². The Balaban J connectivity index is 1.54. The highest BCUT2D eigenvalue weighted by molar-refractivity contribution is 6.21. The fourth-order valence-corrected chi connectivity index (χ4v) is 3.80. The Morgan fingerprint density at radius 3 is 2.24 bits per heavy atom. The van der Waals surface area contributed by atoms with Gasteiger partial charge in [-0.05, 0) is 54.4 Å². The second kappa shape index (κ2) is 8.97. The molecule has 1 aliphatic heterocycles. The quantitative estimate of drug-likeness (QED) is 0.588. The maximum atomic E-state index is 13.0. The van der Waals surface area contributed by atoms with Gasteiger partial charge in [0.1, 0.15) is 5.75 Å². The lowest BCUT2D eigenvalue weighted by molar-refractivity contribution is 0.0642. The van der Waals surface area contributed by atoms with Crippen LogP contribution in [0.1, 0.15) is 60.7 Å². The van der Waals surface area contributed by atoms with Crippen LogP contribution in [0.5, 0.6) is 5.75 Å². The van der Waals surface area contributed by atoms with E-state index in [0.29, 0.717) is 33.6 Å². The van der Waals surface area contributed by atoms with E-state index in [1.165, 1.54) is 12.0 Å². The van der Waals surface area contributed by atoms with Gasteiger partial charge < -0.3 is 10.1 Å². The fourth-order valence-electron chi connectivity index (χ4n) is 3.80. The summed E-state index contributed by atoms with van der Waals surface area (Å²) in [6.45, 7) is 1.89. The van der Waals surface area contributed by atoms with Gasteiger partial charge in [-0.15, -0.1) is 0 Å². The van der Waals surface area contributed by atoms with Crippen molar-refractivity contribution < 1.29 is 19.1 Å². The molecule has 0 fully saturated rings. The highest BCUT2D eigenvalue weighted by atomic mass is 16.5. The first-order valence-corrected chi connectivity index (χ1v) is 10.4. The molecule has 1 N–H and O–H groups in total. The van der Waals surface area contributed by atoms with Crippen molar-refractivity contribution in [2.45, 2.75) is 19.5 Å². The first kappa shape index (κ1) is 21.8. The molecule has 0 spiro atoms. The van der Waals surface area contributed by atoms with Crippen molar-refractivity contribution in [1.29, 1.82) is 5.26 Å². The van der Waals surface area contributed by atoms with Crippen molar-refractivity contribution in [1.82, 2.24) is 10.2 Å². The van der Waals surface area contributed by atoms with E-state index in [-0.39, 0.29) is 30.3 Å². The Bertz CT molecular complexity index is 1260. The highest BCUT2D eigenvalue weighted by Crippen LogP contribution is 2.27. The lowest BCUT2D eigenvalue weighted by Crippen LogP contribution is -2.30. The number of hydrogen-bond acceptors (Lipinski definition) is 5. The summed E-state index contributed by atoms with van der Waals surface area (Å²) >= 11 is 0. The summed E-state index contributed by atoms with van der Waals surface area (Å²) in [6, 6.07) is 20.4. The number of carbonyl (C=O) groups is 3. The van der Waals surface area contributed by atoms with Crippen LogP contribution in [0.4, 0.5) is 0 Å². The molecule has 164 valence electrons. The Morgan fingerprint density at radius 1 is 1.03 bits per heavy atom. The number of carbonyl (C=O) groups excluding carboxylic acids is 3. The summed E-state index contributed by atoms with van der Waals surface area (Å²) in [7, 11) is 1.47. The molecule has 0 radical (unpaired) electrons. The van der Waals surface area contributed by atoms with Gasteiger partial charge in [-0.25, -0.2) is 0 Å². The minimum atomic E-state index is -0.355. The largest absolute Gasteiger partial charge is 0.496 e. The summed E-state index contributed by atoms with van der Waals surface area (Å²) in [5, 5.41) is 11.9. The van der Waals surface area contributed by atoms with Crippen LogP contribution in [0.3, 0.4) is 0 Å². The number of fused-ring (bicyclic) bond motifs is 1. The van der Waals surface area contributed by atoms with Gasteiger partial charge in [-0.2, -0.15) is 5.26 Å². The maximum Gasteiger partial charge on any atom is 0.261 e. The number of imide groups is 1. The minimum absolute atomic E-state index is 0.0434. The summed E-state index contributed by atoms with van der Waals surface area (Å²) in [5.41, 5.74) is 3.08. The van der Waals surface area contributed by atoms with Gasteiger partial charge >= 0.3 is 0 Å². The van der Waals surface area contributed by atoms with Crippen molar-refractivity contribution in [2.75, 3.05) is 7.11 Å². The molecule has 3 aromatic rings. The summed E-state index contributed by atoms with van der Waals surface area (Å²) in [4.78, 5) is 39.6. The minimum Gasteiger partial charge on any atom is -0.496 e. The van der Waals surface area contributed by atoms with E-state index in [1.807, 2.05) is 6.92 Å². The number of hydrogen-bond donors (Lipinski definition) is 1. The maximum absolute atomic E-state index is 13.0. The SMILES string of the molecule is COc1ccc(CN2C(=O)c3ccccc3C2=O)cc1C(=O)NC(C)c1ccc(C#N)cc1. The predicted octanol–water partition coefficient (Wildman–Crippen LogP) is 3.85. The molecule has 1 unspecified atom stereocenters. The molecular weight excluding hydrogens is 418 g/mol. The normalized spacial score (nSPS) is 13.3. The summed E-state index contributed by atoms with van der Waals surface area (Å²) < 4.78 is 5.36. The molecule has 7 heteroatoms. The van der Waals surface area contributed by atoms with E-state index < -0.39 is 0 Å². The monoisotopic (exact) mass is 439 g/mol. The first-order valence-electron chi connectivity index (χ1n) is 10.4. The molecule has 4 rings (SSSR count). The van der Waals surface area contributed by atoms with Crippen LogP contribution in [0.2, 0.25) is 0 Å². The van der Waals surface area contributed by atoms with Crippen molar-refractivity contribution in [3.8, 4) is 11.8 Å². The van der Waals surface area contributed by atoms with E-state index in [0.717, 1.165) is 5.56 Å². The Morgan fingerprint density at radius 2 is 1.67 bits per heavy atom. The van der Waals surface area contributed by atoms with Crippen molar-refractivity contribution in [3.05, 3.63) is 100 Å². The average Bonchev–Trinajstić information content (AvgIpc) is 3.09. The van der Waals surface area contributed by atoms with Gasteiger partial charge in [0.15, 0.2) is 0 Å². The second-order valence-electron chi connectivity index (χ2n) is 7.71. The smallest absolute Gasteiger partial charge is 0.261 e. The zero-order valence-electron chi connectivity index (χ0n) is 18.2. The number of rotatable bonds is 6. The Labute approximate surface area is 191 Å². The molecule has 3 amide bonds. The number of amides is 3. The van der Waals surface area contributed by atoms with Gasteiger partial charge in [0.2, 0.25) is 0 Å². The molecule has 3 aromatic carbocycles. The van der Waals surface area contributed by atoms with E-state index >= 15 is 0 Å². The molecule has 0 saturated heterocycles. The van der Waals surface area contributed by atoms with Crippen LogP contribution in [0, 0.1) is 11.3 Å². The van der Waals surface area contributed by atoms with Gasteiger partial charge in [-0.1, -0.05) is 30.3 Å². The first-order chi connectivity index (χ1) is 15.9. The third kappa shape index (κ3) is 4.19. The molecule has 0 saturated carbocycles. The van der Waals surface area contributed by atoms with Crippen LogP contribution in [-0.4, -0.2) is 29.7 Å². The molecule has 1 aliphatic rings. The number of methoxy groups -OCH3 is 1. The topological polar surface area (TPSA) is 99.5 Å². The van der Waals surface area contributed by atoms with Crippen LogP contribution >= 0.6 is 0 Å². The lowest BCUT2D eigenvalue weighted by Gasteiger charge is -2.18. The molecule has 0 aromatic heterocycles. The number of nitrogens with zero attached hydrogens (tertiary/aromatic N) is 2. The van der Waals surface area contributed by atoms with Gasteiger partial charge in [0.25, 0.3) is 17.7 Å². The molecule has 1 heterocycles. The highest BCUT2D eigenvalue weighted by Gasteiger charge is 2.35. The number of benzene rings is 3. The van der Waals surface area contributed by atoms with Gasteiger partial charge in [-0.3, -0.25) is 19.3 Å². The summed E-state index contributed by atoms with van der Waals surface area (Å²) in [6.07, 6.45) is 0. The second-order valence-corrected chi connectivity index (χ2v) is 7.71. The third-order valence-electron chi connectivity index (χ3n) is 5.61. The van der Waals surface area contributed by atoms with E-state index in [1.54, 1.807) is 66.7 Å². The van der Waals surface area contributed by atoms with Crippen LogP contribution in [0.15, 0.2) is 66.7 Å². The average molecular weight is 439 g/mol. The molecule has 33 heavy (non-hydrogen) atoms. The van der Waals surface area contributed by atoms with Crippen molar-refractivity contribution in [3.63, 3.8) is 0 Å².